The van der Waals surface area contributed by atoms with E-state index in [4.69, 9.17) is 8.44 Å². The SMILES string of the molecule is C=C(C)C(=O)OCCOC(=O)CC(C)=O.CCC[O][Zr]([O]CCC)[O]CCC. The Bertz CT molecular complexity index is 434. The molecule has 0 unspecified atom stereocenters. The van der Waals surface area contributed by atoms with E-state index in [2.05, 4.69) is 36.8 Å². The van der Waals surface area contributed by atoms with Gasteiger partial charge in [0.15, 0.2) is 0 Å². The van der Waals surface area contributed by atoms with Crippen molar-refractivity contribution in [2.75, 3.05) is 33.0 Å². The van der Waals surface area contributed by atoms with Crippen molar-refractivity contribution in [3.63, 3.8) is 0 Å². The zero-order chi connectivity index (χ0) is 21.8. The van der Waals surface area contributed by atoms with Gasteiger partial charge in [-0.2, -0.15) is 0 Å². The molecule has 0 bridgehead atoms. The summed E-state index contributed by atoms with van der Waals surface area (Å²) in [6.45, 7) is 14.7. The number of hydrogen-bond acceptors (Lipinski definition) is 8. The van der Waals surface area contributed by atoms with Gasteiger partial charge in [0.05, 0.1) is 0 Å². The first-order valence-electron chi connectivity index (χ1n) is 9.51. The van der Waals surface area contributed by atoms with Crippen molar-refractivity contribution in [1.82, 2.24) is 0 Å². The van der Waals surface area contributed by atoms with Crippen LogP contribution in [0, 0.1) is 0 Å². The van der Waals surface area contributed by atoms with E-state index in [1.807, 2.05) is 0 Å². The van der Waals surface area contributed by atoms with E-state index in [1.165, 1.54) is 13.8 Å². The van der Waals surface area contributed by atoms with Gasteiger partial charge in [0.2, 0.25) is 0 Å². The molecule has 0 aliphatic rings. The fraction of sp³-hybridized carbons (Fsp3) is 0.737. The van der Waals surface area contributed by atoms with Gasteiger partial charge < -0.3 is 9.47 Å². The van der Waals surface area contributed by atoms with Crippen LogP contribution in [0.4, 0.5) is 0 Å². The summed E-state index contributed by atoms with van der Waals surface area (Å²) >= 11 is -2.34. The van der Waals surface area contributed by atoms with E-state index < -0.39 is 35.0 Å². The molecule has 28 heavy (non-hydrogen) atoms. The normalized spacial score (nSPS) is 9.75. The fourth-order valence-corrected chi connectivity index (χ4v) is 4.70. The summed E-state index contributed by atoms with van der Waals surface area (Å²) in [4.78, 5) is 32.2. The van der Waals surface area contributed by atoms with E-state index in [-0.39, 0.29) is 31.0 Å². The Morgan fingerprint density at radius 2 is 1.18 bits per heavy atom. The summed E-state index contributed by atoms with van der Waals surface area (Å²) in [5, 5.41) is 0. The molecule has 0 amide bonds. The van der Waals surface area contributed by atoms with E-state index in [0.717, 1.165) is 39.1 Å². The van der Waals surface area contributed by atoms with E-state index in [1.54, 1.807) is 0 Å². The van der Waals surface area contributed by atoms with Crippen LogP contribution in [0.1, 0.15) is 60.3 Å². The molecule has 0 aliphatic carbocycles. The van der Waals surface area contributed by atoms with Crippen molar-refractivity contribution in [3.8, 4) is 0 Å². The standard InChI is InChI=1S/C10H14O5.3C3H7O.Zr/c1-7(2)10(13)15-5-4-14-9(12)6-8(3)11;3*1-2-3-4;/h1,4-6H2,2-3H3;3*2-3H2,1H3;/q;3*-1;+3. The Morgan fingerprint density at radius 3 is 1.54 bits per heavy atom. The average Bonchev–Trinajstić information content (AvgIpc) is 2.64. The number of ketones is 1. The van der Waals surface area contributed by atoms with Gasteiger partial charge in [-0.25, -0.2) is 4.79 Å². The number of carbonyl (C=O) groups is 3. The van der Waals surface area contributed by atoms with Gasteiger partial charge in [0.25, 0.3) is 0 Å². The van der Waals surface area contributed by atoms with E-state index in [9.17, 15) is 14.4 Å². The second-order valence-electron chi connectivity index (χ2n) is 5.81. The minimum atomic E-state index is -2.34. The second-order valence-corrected chi connectivity index (χ2v) is 9.17. The quantitative estimate of drug-likeness (QED) is 0.152. The Labute approximate surface area is 178 Å². The Kier molecular flexibility index (Phi) is 21.8. The zero-order valence-corrected chi connectivity index (χ0v) is 20.3. The number of hydrogen-bond donors (Lipinski definition) is 0. The fourth-order valence-electron chi connectivity index (χ4n) is 1.35. The van der Waals surface area contributed by atoms with Gasteiger partial charge in [-0.3, -0.25) is 9.59 Å². The predicted octanol–water partition coefficient (Wildman–Crippen LogP) is 3.26. The van der Waals surface area contributed by atoms with Crippen LogP contribution in [0.2, 0.25) is 0 Å². The summed E-state index contributed by atoms with van der Waals surface area (Å²) in [6.07, 6.45) is 2.85. The van der Waals surface area contributed by atoms with Crippen LogP contribution in [0.15, 0.2) is 12.2 Å². The molecule has 8 nitrogen and oxygen atoms in total. The topological polar surface area (TPSA) is 97.4 Å². The maximum atomic E-state index is 10.8. The molecule has 0 aromatic carbocycles. The molecule has 0 heterocycles. The van der Waals surface area contributed by atoms with Crippen LogP contribution in [-0.4, -0.2) is 50.8 Å². The molecule has 0 aliphatic heterocycles. The third-order valence-electron chi connectivity index (χ3n) is 2.59. The molecule has 0 fully saturated rings. The molecular formula is C19H35O8Zr. The number of rotatable bonds is 15. The van der Waals surface area contributed by atoms with Crippen LogP contribution in [0.5, 0.6) is 0 Å². The summed E-state index contributed by atoms with van der Waals surface area (Å²) in [6, 6.07) is 0. The third-order valence-corrected chi connectivity index (χ3v) is 5.84. The summed E-state index contributed by atoms with van der Waals surface area (Å²) in [5.41, 5.74) is 0.282. The zero-order valence-electron chi connectivity index (χ0n) is 17.8. The number of Topliss-reactive ketones (excluding diaryl/α,β-unsaturated/α-hetero) is 1. The van der Waals surface area contributed by atoms with Gasteiger partial charge in [-0.15, -0.1) is 0 Å². The first-order valence-corrected chi connectivity index (χ1v) is 12.5. The van der Waals surface area contributed by atoms with Gasteiger partial charge in [-0.1, -0.05) is 6.58 Å². The monoisotopic (exact) mass is 481 g/mol. The molecule has 0 rings (SSSR count). The number of esters is 2. The van der Waals surface area contributed by atoms with Crippen molar-refractivity contribution >= 4 is 17.7 Å². The molecule has 0 radical (unpaired) electrons. The van der Waals surface area contributed by atoms with Gasteiger partial charge in [0, 0.05) is 5.57 Å². The molecule has 0 saturated heterocycles. The van der Waals surface area contributed by atoms with Gasteiger partial charge in [-0.05, 0) is 13.8 Å². The minimum absolute atomic E-state index is 0.0324. The van der Waals surface area contributed by atoms with Gasteiger partial charge >= 0.3 is 103 Å². The molecule has 0 atom stereocenters. The van der Waals surface area contributed by atoms with Crippen molar-refractivity contribution in [3.05, 3.63) is 12.2 Å². The van der Waals surface area contributed by atoms with E-state index in [0.29, 0.717) is 0 Å². The first kappa shape index (κ1) is 29.3. The number of ether oxygens (including phenoxy) is 2. The summed E-state index contributed by atoms with van der Waals surface area (Å²) < 4.78 is 25.9. The average molecular weight is 483 g/mol. The molecular weight excluding hydrogens is 447 g/mol. The van der Waals surface area contributed by atoms with Gasteiger partial charge in [0.1, 0.15) is 25.4 Å². The summed E-state index contributed by atoms with van der Waals surface area (Å²) in [7, 11) is 0. The first-order chi connectivity index (χ1) is 13.3. The molecule has 163 valence electrons. The van der Waals surface area contributed by atoms with Crippen molar-refractivity contribution in [2.24, 2.45) is 0 Å². The Hall–Kier alpha value is -0.887. The molecule has 0 aromatic rings. The molecule has 0 saturated carbocycles. The van der Waals surface area contributed by atoms with Crippen molar-refractivity contribution in [2.45, 2.75) is 60.3 Å². The van der Waals surface area contributed by atoms with E-state index >= 15 is 0 Å². The molecule has 0 aromatic heterocycles. The van der Waals surface area contributed by atoms with Crippen molar-refractivity contribution < 1.29 is 55.4 Å². The van der Waals surface area contributed by atoms with Crippen molar-refractivity contribution in [1.29, 1.82) is 0 Å². The molecule has 0 spiro atoms. The Morgan fingerprint density at radius 1 is 0.750 bits per heavy atom. The van der Waals surface area contributed by atoms with Crippen LogP contribution >= 0.6 is 0 Å². The van der Waals surface area contributed by atoms with Crippen LogP contribution in [0.3, 0.4) is 0 Å². The maximum absolute atomic E-state index is 10.8. The van der Waals surface area contributed by atoms with Crippen LogP contribution in [0.25, 0.3) is 0 Å². The third kappa shape index (κ3) is 21.4. The number of carbonyl (C=O) groups excluding carboxylic acids is 3. The molecule has 0 N–H and O–H groups in total. The van der Waals surface area contributed by atoms with Crippen LogP contribution < -0.4 is 0 Å². The van der Waals surface area contributed by atoms with Crippen LogP contribution in [-0.2, 0) is 55.4 Å². The Balaban J connectivity index is 0. The second kappa shape index (κ2) is 20.8. The summed E-state index contributed by atoms with van der Waals surface area (Å²) in [5.74, 6) is -1.41. The molecule has 9 heteroatoms. The predicted molar refractivity (Wildman–Crippen MR) is 101 cm³/mol.